The minimum absolute atomic E-state index is 0.0233. The molecule has 2 aromatic carbocycles. The number of hydrogen-bond donors (Lipinski definition) is 0. The lowest BCUT2D eigenvalue weighted by Crippen LogP contribution is -2.11. The standard InChI is InChI=1S/C19H20O2/c1-13(21)14-5-7-15(8-6-14)18-11-17(19(2,3)4)10-9-16(18)12-20/h5-12H,1-4H3. The number of carbonyl (C=O) groups excluding carboxylic acids is 2. The summed E-state index contributed by atoms with van der Waals surface area (Å²) in [5.41, 5.74) is 4.41. The molecule has 2 heteroatoms. The Bertz CT molecular complexity index is 674. The zero-order chi connectivity index (χ0) is 15.6. The van der Waals surface area contributed by atoms with E-state index < -0.39 is 0 Å². The molecule has 0 N–H and O–H groups in total. The third-order valence-electron chi connectivity index (χ3n) is 3.65. The van der Waals surface area contributed by atoms with Crippen LogP contribution in [0.4, 0.5) is 0 Å². The predicted molar refractivity (Wildman–Crippen MR) is 86.0 cm³/mol. The van der Waals surface area contributed by atoms with E-state index in [1.54, 1.807) is 19.1 Å². The van der Waals surface area contributed by atoms with Crippen molar-refractivity contribution in [2.24, 2.45) is 0 Å². The van der Waals surface area contributed by atoms with Crippen LogP contribution < -0.4 is 0 Å². The van der Waals surface area contributed by atoms with Crippen LogP contribution in [0.25, 0.3) is 11.1 Å². The minimum Gasteiger partial charge on any atom is -0.298 e. The second-order valence-electron chi connectivity index (χ2n) is 6.30. The van der Waals surface area contributed by atoms with Crippen molar-refractivity contribution in [2.45, 2.75) is 33.1 Å². The quantitative estimate of drug-likeness (QED) is 0.605. The molecule has 0 aliphatic carbocycles. The van der Waals surface area contributed by atoms with Crippen molar-refractivity contribution in [3.05, 3.63) is 59.2 Å². The van der Waals surface area contributed by atoms with Crippen molar-refractivity contribution in [3.63, 3.8) is 0 Å². The van der Waals surface area contributed by atoms with E-state index in [4.69, 9.17) is 0 Å². The molecule has 0 fully saturated rings. The first-order valence-electron chi connectivity index (χ1n) is 7.04. The van der Waals surface area contributed by atoms with Crippen molar-refractivity contribution < 1.29 is 9.59 Å². The summed E-state index contributed by atoms with van der Waals surface area (Å²) in [6.45, 7) is 7.98. The molecule has 0 radical (unpaired) electrons. The maximum atomic E-state index is 11.3. The first-order chi connectivity index (χ1) is 9.82. The van der Waals surface area contributed by atoms with Crippen molar-refractivity contribution in [3.8, 4) is 11.1 Å². The molecule has 2 nitrogen and oxygen atoms in total. The molecular weight excluding hydrogens is 260 g/mol. The van der Waals surface area contributed by atoms with Crippen LogP contribution in [0.3, 0.4) is 0 Å². The van der Waals surface area contributed by atoms with E-state index in [9.17, 15) is 9.59 Å². The number of ketones is 1. The van der Waals surface area contributed by atoms with Gasteiger partial charge >= 0.3 is 0 Å². The molecule has 0 amide bonds. The molecule has 0 atom stereocenters. The van der Waals surface area contributed by atoms with E-state index in [-0.39, 0.29) is 11.2 Å². The predicted octanol–water partition coefficient (Wildman–Crippen LogP) is 4.67. The van der Waals surface area contributed by atoms with Crippen LogP contribution in [0.2, 0.25) is 0 Å². The first kappa shape index (κ1) is 15.2. The number of rotatable bonds is 3. The summed E-state index contributed by atoms with van der Waals surface area (Å²) >= 11 is 0. The van der Waals surface area contributed by atoms with Crippen molar-refractivity contribution >= 4 is 12.1 Å². The van der Waals surface area contributed by atoms with E-state index in [2.05, 4.69) is 26.8 Å². The molecule has 0 aliphatic heterocycles. The summed E-state index contributed by atoms with van der Waals surface area (Å²) in [5.74, 6) is 0.0422. The third-order valence-corrected chi connectivity index (χ3v) is 3.65. The maximum Gasteiger partial charge on any atom is 0.159 e. The molecule has 0 aromatic heterocycles. The Hall–Kier alpha value is -2.22. The smallest absolute Gasteiger partial charge is 0.159 e. The highest BCUT2D eigenvalue weighted by Crippen LogP contribution is 2.30. The number of Topliss-reactive ketones (excluding diaryl/α,β-unsaturated/α-hetero) is 1. The Morgan fingerprint density at radius 1 is 1.00 bits per heavy atom. The van der Waals surface area contributed by atoms with Gasteiger partial charge < -0.3 is 0 Å². The van der Waals surface area contributed by atoms with E-state index in [0.717, 1.165) is 17.4 Å². The highest BCUT2D eigenvalue weighted by atomic mass is 16.1. The van der Waals surface area contributed by atoms with E-state index >= 15 is 0 Å². The van der Waals surface area contributed by atoms with E-state index in [1.165, 1.54) is 5.56 Å². The summed E-state index contributed by atoms with van der Waals surface area (Å²) in [5, 5.41) is 0. The van der Waals surface area contributed by atoms with Gasteiger partial charge in [-0.05, 0) is 35.1 Å². The van der Waals surface area contributed by atoms with Crippen LogP contribution in [0.5, 0.6) is 0 Å². The lowest BCUT2D eigenvalue weighted by molar-refractivity contribution is 0.101. The summed E-state index contributed by atoms with van der Waals surface area (Å²) in [7, 11) is 0. The maximum absolute atomic E-state index is 11.3. The highest BCUT2D eigenvalue weighted by molar-refractivity contribution is 5.95. The summed E-state index contributed by atoms with van der Waals surface area (Å²) < 4.78 is 0. The Morgan fingerprint density at radius 2 is 1.62 bits per heavy atom. The molecule has 0 unspecified atom stereocenters. The monoisotopic (exact) mass is 280 g/mol. The van der Waals surface area contributed by atoms with Gasteiger partial charge in [0.25, 0.3) is 0 Å². The zero-order valence-electron chi connectivity index (χ0n) is 12.9. The van der Waals surface area contributed by atoms with Gasteiger partial charge in [0.2, 0.25) is 0 Å². The molecular formula is C19H20O2. The lowest BCUT2D eigenvalue weighted by Gasteiger charge is -2.20. The fourth-order valence-corrected chi connectivity index (χ4v) is 2.26. The Labute approximate surface area is 125 Å². The molecule has 0 heterocycles. The zero-order valence-corrected chi connectivity index (χ0v) is 12.9. The van der Waals surface area contributed by atoms with Crippen LogP contribution >= 0.6 is 0 Å². The van der Waals surface area contributed by atoms with E-state index in [1.807, 2.05) is 24.3 Å². The molecule has 0 saturated heterocycles. The highest BCUT2D eigenvalue weighted by Gasteiger charge is 2.16. The summed E-state index contributed by atoms with van der Waals surface area (Å²) in [6.07, 6.45) is 0.876. The lowest BCUT2D eigenvalue weighted by atomic mass is 9.84. The average molecular weight is 280 g/mol. The molecule has 0 aliphatic rings. The molecule has 21 heavy (non-hydrogen) atoms. The number of aldehydes is 1. The molecule has 108 valence electrons. The van der Waals surface area contributed by atoms with Gasteiger partial charge in [0.05, 0.1) is 0 Å². The first-order valence-corrected chi connectivity index (χ1v) is 7.04. The normalized spacial score (nSPS) is 11.2. The summed E-state index contributed by atoms with van der Waals surface area (Å²) in [6, 6.07) is 13.3. The second-order valence-corrected chi connectivity index (χ2v) is 6.30. The topological polar surface area (TPSA) is 34.1 Å². The van der Waals surface area contributed by atoms with Gasteiger partial charge in [-0.15, -0.1) is 0 Å². The number of carbonyl (C=O) groups is 2. The molecule has 2 aromatic rings. The largest absolute Gasteiger partial charge is 0.298 e. The minimum atomic E-state index is 0.0233. The van der Waals surface area contributed by atoms with Gasteiger partial charge in [0.15, 0.2) is 12.1 Å². The average Bonchev–Trinajstić information content (AvgIpc) is 2.45. The molecule has 2 rings (SSSR count). The Kier molecular flexibility index (Phi) is 4.08. The van der Waals surface area contributed by atoms with Gasteiger partial charge in [-0.25, -0.2) is 0 Å². The number of hydrogen-bond acceptors (Lipinski definition) is 2. The van der Waals surface area contributed by atoms with Crippen LogP contribution in [-0.4, -0.2) is 12.1 Å². The van der Waals surface area contributed by atoms with Gasteiger partial charge in [0, 0.05) is 11.1 Å². The molecule has 0 bridgehead atoms. The molecule has 0 spiro atoms. The van der Waals surface area contributed by atoms with Gasteiger partial charge in [-0.2, -0.15) is 0 Å². The fraction of sp³-hybridized carbons (Fsp3) is 0.263. The third kappa shape index (κ3) is 3.27. The Morgan fingerprint density at radius 3 is 2.10 bits per heavy atom. The van der Waals surface area contributed by atoms with Crippen molar-refractivity contribution in [2.75, 3.05) is 0 Å². The van der Waals surface area contributed by atoms with E-state index in [0.29, 0.717) is 11.1 Å². The van der Waals surface area contributed by atoms with Crippen LogP contribution in [-0.2, 0) is 5.41 Å². The summed E-state index contributed by atoms with van der Waals surface area (Å²) in [4.78, 5) is 22.6. The Balaban J connectivity index is 2.55. The van der Waals surface area contributed by atoms with Crippen molar-refractivity contribution in [1.82, 2.24) is 0 Å². The second kappa shape index (κ2) is 5.65. The van der Waals surface area contributed by atoms with Gasteiger partial charge in [-0.1, -0.05) is 57.2 Å². The van der Waals surface area contributed by atoms with Crippen LogP contribution in [0.15, 0.2) is 42.5 Å². The van der Waals surface area contributed by atoms with Gasteiger partial charge in [-0.3, -0.25) is 9.59 Å². The SMILES string of the molecule is CC(=O)c1ccc(-c2cc(C(C)(C)C)ccc2C=O)cc1. The fourth-order valence-electron chi connectivity index (χ4n) is 2.26. The van der Waals surface area contributed by atoms with Gasteiger partial charge in [0.1, 0.15) is 0 Å². The molecule has 0 saturated carbocycles. The van der Waals surface area contributed by atoms with Crippen LogP contribution in [0, 0.1) is 0 Å². The van der Waals surface area contributed by atoms with Crippen LogP contribution in [0.1, 0.15) is 54.0 Å². The van der Waals surface area contributed by atoms with Crippen molar-refractivity contribution in [1.29, 1.82) is 0 Å². The number of benzene rings is 2.